The Morgan fingerprint density at radius 2 is 2.05 bits per heavy atom. The summed E-state index contributed by atoms with van der Waals surface area (Å²) in [4.78, 5) is 5.67. The van der Waals surface area contributed by atoms with Gasteiger partial charge in [-0.2, -0.15) is 0 Å². The van der Waals surface area contributed by atoms with Crippen LogP contribution < -0.4 is 0 Å². The Labute approximate surface area is 126 Å². The molecular formula is C14H15ClFN3S. The fourth-order valence-corrected chi connectivity index (χ4v) is 3.75. The second-order valence-electron chi connectivity index (χ2n) is 5.75. The number of nitrogens with zero attached hydrogens (tertiary/aromatic N) is 2. The fraction of sp³-hybridized carbons (Fsp3) is 0.500. The lowest BCUT2D eigenvalue weighted by Gasteiger charge is -2.16. The number of benzene rings is 1. The van der Waals surface area contributed by atoms with E-state index in [0.29, 0.717) is 10.8 Å². The third-order valence-corrected chi connectivity index (χ3v) is 4.97. The van der Waals surface area contributed by atoms with Crippen LogP contribution in [0.25, 0.3) is 11.0 Å². The number of aromatic nitrogens is 2. The van der Waals surface area contributed by atoms with Crippen LogP contribution in [0.1, 0.15) is 25.3 Å². The molecule has 1 saturated heterocycles. The Morgan fingerprint density at radius 1 is 1.25 bits per heavy atom. The Balaban J connectivity index is 1.77. The van der Waals surface area contributed by atoms with Crippen molar-refractivity contribution < 1.29 is 4.39 Å². The van der Waals surface area contributed by atoms with Gasteiger partial charge in [-0.15, -0.1) is 0 Å². The zero-order chi connectivity index (χ0) is 13.9. The normalized spacial score (nSPS) is 23.8. The molecule has 1 aliphatic carbocycles. The largest absolute Gasteiger partial charge is 0.331 e. The minimum absolute atomic E-state index is 0.131. The predicted octanol–water partition coefficient (Wildman–Crippen LogP) is 3.90. The van der Waals surface area contributed by atoms with Gasteiger partial charge in [0.2, 0.25) is 0 Å². The molecule has 1 aromatic heterocycles. The van der Waals surface area contributed by atoms with Crippen molar-refractivity contribution in [2.75, 3.05) is 13.1 Å². The third kappa shape index (κ3) is 2.00. The van der Waals surface area contributed by atoms with E-state index >= 15 is 0 Å². The molecule has 2 aromatic rings. The highest BCUT2D eigenvalue weighted by Gasteiger charge is 2.35. The molecule has 0 amide bonds. The molecule has 2 aliphatic rings. The molecule has 1 unspecified atom stereocenters. The first-order chi connectivity index (χ1) is 9.63. The molecule has 0 bridgehead atoms. The van der Waals surface area contributed by atoms with Gasteiger partial charge in [0.15, 0.2) is 4.77 Å². The number of imidazole rings is 1. The number of likely N-dealkylation sites (tertiary alicyclic amines) is 1. The van der Waals surface area contributed by atoms with Gasteiger partial charge in [-0.3, -0.25) is 4.90 Å². The average molecular weight is 312 g/mol. The highest BCUT2D eigenvalue weighted by molar-refractivity contribution is 7.71. The first-order valence-electron chi connectivity index (χ1n) is 6.97. The van der Waals surface area contributed by atoms with Crippen molar-refractivity contribution in [1.82, 2.24) is 14.5 Å². The first-order valence-corrected chi connectivity index (χ1v) is 7.75. The first kappa shape index (κ1) is 12.8. The van der Waals surface area contributed by atoms with Gasteiger partial charge < -0.3 is 9.55 Å². The molecule has 106 valence electrons. The van der Waals surface area contributed by atoms with E-state index in [1.807, 2.05) is 0 Å². The Bertz CT molecular complexity index is 734. The van der Waals surface area contributed by atoms with E-state index in [0.717, 1.165) is 36.6 Å². The van der Waals surface area contributed by atoms with Crippen LogP contribution in [0.2, 0.25) is 5.02 Å². The molecule has 3 nitrogen and oxygen atoms in total. The quantitative estimate of drug-likeness (QED) is 0.850. The monoisotopic (exact) mass is 311 g/mol. The lowest BCUT2D eigenvalue weighted by atomic mass is 10.2. The van der Waals surface area contributed by atoms with E-state index in [1.54, 1.807) is 6.07 Å². The van der Waals surface area contributed by atoms with E-state index in [2.05, 4.69) is 14.5 Å². The van der Waals surface area contributed by atoms with Crippen molar-refractivity contribution in [3.8, 4) is 0 Å². The number of hydrogen-bond acceptors (Lipinski definition) is 2. The molecule has 20 heavy (non-hydrogen) atoms. The summed E-state index contributed by atoms with van der Waals surface area (Å²) >= 11 is 11.3. The molecule has 0 radical (unpaired) electrons. The molecule has 1 saturated carbocycles. The van der Waals surface area contributed by atoms with E-state index < -0.39 is 0 Å². The zero-order valence-electron chi connectivity index (χ0n) is 10.9. The van der Waals surface area contributed by atoms with Crippen LogP contribution in [0.5, 0.6) is 0 Å². The van der Waals surface area contributed by atoms with Crippen LogP contribution in [0.15, 0.2) is 12.1 Å². The lowest BCUT2D eigenvalue weighted by molar-refractivity contribution is 0.314. The van der Waals surface area contributed by atoms with Gasteiger partial charge in [-0.25, -0.2) is 4.39 Å². The number of rotatable bonds is 2. The number of hydrogen-bond donors (Lipinski definition) is 1. The molecule has 4 rings (SSSR count). The van der Waals surface area contributed by atoms with E-state index in [1.165, 1.54) is 18.9 Å². The molecule has 0 spiro atoms. The third-order valence-electron chi connectivity index (χ3n) is 4.38. The number of nitrogens with one attached hydrogen (secondary N) is 1. The minimum Gasteiger partial charge on any atom is -0.331 e. The molecule has 1 aliphatic heterocycles. The van der Waals surface area contributed by atoms with Crippen LogP contribution in [0, 0.1) is 10.6 Å². The topological polar surface area (TPSA) is 24.0 Å². The van der Waals surface area contributed by atoms with Crippen molar-refractivity contribution >= 4 is 34.9 Å². The number of aromatic amines is 1. The standard InChI is InChI=1S/C14H15ClFN3S/c15-10-5-12-13(6-11(10)16)19(14(20)17-12)9-3-4-18(7-9)8-1-2-8/h5-6,8-9H,1-4,7H2,(H,17,20). The summed E-state index contributed by atoms with van der Waals surface area (Å²) < 4.78 is 16.5. The van der Waals surface area contributed by atoms with E-state index in [-0.39, 0.29) is 10.8 Å². The summed E-state index contributed by atoms with van der Waals surface area (Å²) in [6, 6.07) is 4.21. The summed E-state index contributed by atoms with van der Waals surface area (Å²) in [5.74, 6) is -0.390. The maximum Gasteiger partial charge on any atom is 0.178 e. The maximum absolute atomic E-state index is 13.7. The highest BCUT2D eigenvalue weighted by Crippen LogP contribution is 2.35. The van der Waals surface area contributed by atoms with Gasteiger partial charge in [0.25, 0.3) is 0 Å². The summed E-state index contributed by atoms with van der Waals surface area (Å²) in [5.41, 5.74) is 1.63. The molecule has 1 N–H and O–H groups in total. The SMILES string of the molecule is Fc1cc2c(cc1Cl)[nH]c(=S)n2C1CCN(C2CC2)C1. The number of halogens is 2. The van der Waals surface area contributed by atoms with Crippen molar-refractivity contribution in [3.63, 3.8) is 0 Å². The van der Waals surface area contributed by atoms with Gasteiger partial charge in [0, 0.05) is 25.2 Å². The second kappa shape index (κ2) is 4.55. The predicted molar refractivity (Wildman–Crippen MR) is 80.3 cm³/mol. The fourth-order valence-electron chi connectivity index (χ4n) is 3.23. The number of H-pyrrole nitrogens is 1. The van der Waals surface area contributed by atoms with Crippen LogP contribution >= 0.6 is 23.8 Å². The molecule has 6 heteroatoms. The van der Waals surface area contributed by atoms with Crippen molar-refractivity contribution in [1.29, 1.82) is 0 Å². The molecule has 1 aromatic carbocycles. The minimum atomic E-state index is -0.390. The Morgan fingerprint density at radius 3 is 2.80 bits per heavy atom. The zero-order valence-corrected chi connectivity index (χ0v) is 12.5. The van der Waals surface area contributed by atoms with Gasteiger partial charge in [0.1, 0.15) is 5.82 Å². The van der Waals surface area contributed by atoms with E-state index in [4.69, 9.17) is 23.8 Å². The van der Waals surface area contributed by atoms with Crippen LogP contribution in [0.3, 0.4) is 0 Å². The van der Waals surface area contributed by atoms with Crippen LogP contribution in [-0.2, 0) is 0 Å². The second-order valence-corrected chi connectivity index (χ2v) is 6.55. The van der Waals surface area contributed by atoms with Crippen molar-refractivity contribution in [3.05, 3.63) is 27.7 Å². The van der Waals surface area contributed by atoms with Crippen molar-refractivity contribution in [2.45, 2.75) is 31.3 Å². The molecule has 2 fully saturated rings. The van der Waals surface area contributed by atoms with Crippen LogP contribution in [-0.4, -0.2) is 33.6 Å². The smallest absolute Gasteiger partial charge is 0.178 e. The van der Waals surface area contributed by atoms with Gasteiger partial charge >= 0.3 is 0 Å². The van der Waals surface area contributed by atoms with Gasteiger partial charge in [-0.1, -0.05) is 11.6 Å². The van der Waals surface area contributed by atoms with Gasteiger partial charge in [0.05, 0.1) is 22.1 Å². The maximum atomic E-state index is 13.7. The number of fused-ring (bicyclic) bond motifs is 1. The molecule has 1 atom stereocenters. The van der Waals surface area contributed by atoms with E-state index in [9.17, 15) is 4.39 Å². The van der Waals surface area contributed by atoms with Gasteiger partial charge in [-0.05, 0) is 37.5 Å². The highest BCUT2D eigenvalue weighted by atomic mass is 35.5. The summed E-state index contributed by atoms with van der Waals surface area (Å²) in [6.45, 7) is 2.12. The van der Waals surface area contributed by atoms with Crippen molar-refractivity contribution in [2.24, 2.45) is 0 Å². The van der Waals surface area contributed by atoms with Crippen LogP contribution in [0.4, 0.5) is 4.39 Å². The lowest BCUT2D eigenvalue weighted by Crippen LogP contribution is -2.23. The molecule has 2 heterocycles. The average Bonchev–Trinajstić information content (AvgIpc) is 3.06. The molecular weight excluding hydrogens is 297 g/mol. The summed E-state index contributed by atoms with van der Waals surface area (Å²) in [6.07, 6.45) is 3.70. The summed E-state index contributed by atoms with van der Waals surface area (Å²) in [7, 11) is 0. The Kier molecular flexibility index (Phi) is 2.91. The summed E-state index contributed by atoms with van der Waals surface area (Å²) in [5, 5.41) is 0.131. The Hall–Kier alpha value is -0.910.